The molecule has 0 spiro atoms. The van der Waals surface area contributed by atoms with Crippen LogP contribution in [0.5, 0.6) is 0 Å². The number of alkyl halides is 3. The minimum absolute atomic E-state index is 0.168. The fraction of sp³-hybridized carbons (Fsp3) is 0.278. The van der Waals surface area contributed by atoms with Crippen molar-refractivity contribution in [3.05, 3.63) is 68.7 Å². The number of carbonyl (C=O) groups is 1. The molecule has 0 aliphatic rings. The van der Waals surface area contributed by atoms with E-state index in [2.05, 4.69) is 5.32 Å². The molecule has 2 atom stereocenters. The number of halogens is 4. The van der Waals surface area contributed by atoms with Crippen molar-refractivity contribution in [1.29, 1.82) is 0 Å². The van der Waals surface area contributed by atoms with Crippen LogP contribution in [-0.2, 0) is 11.0 Å². The van der Waals surface area contributed by atoms with Crippen LogP contribution in [0.15, 0.2) is 42.5 Å². The van der Waals surface area contributed by atoms with Crippen molar-refractivity contribution < 1.29 is 28.2 Å². The molecule has 0 unspecified atom stereocenters. The van der Waals surface area contributed by atoms with E-state index in [1.54, 1.807) is 30.4 Å². The fourth-order valence-electron chi connectivity index (χ4n) is 2.66. The number of nitrogens with one attached hydrogen (secondary N) is 1. The van der Waals surface area contributed by atoms with E-state index in [-0.39, 0.29) is 6.04 Å². The van der Waals surface area contributed by atoms with Gasteiger partial charge in [0.25, 0.3) is 11.6 Å². The molecule has 0 saturated heterocycles. The van der Waals surface area contributed by atoms with E-state index >= 15 is 0 Å². The smallest absolute Gasteiger partial charge is 0.330 e. The van der Waals surface area contributed by atoms with Crippen molar-refractivity contribution >= 4 is 28.9 Å². The van der Waals surface area contributed by atoms with Gasteiger partial charge in [0.05, 0.1) is 16.2 Å². The topological polar surface area (TPSA) is 88.8 Å². The molecule has 6 nitrogen and oxygen atoms in total. The Labute approximate surface area is 163 Å². The molecule has 0 bridgehead atoms. The molecule has 28 heavy (non-hydrogen) atoms. The first-order chi connectivity index (χ1) is 13.0. The Bertz CT molecular complexity index is 890. The number of benzene rings is 2. The molecule has 2 aromatic rings. The van der Waals surface area contributed by atoms with Gasteiger partial charge in [-0.1, -0.05) is 23.7 Å². The summed E-state index contributed by atoms with van der Waals surface area (Å²) in [6.45, 7) is 3.39. The monoisotopic (exact) mass is 416 g/mol. The third kappa shape index (κ3) is 5.43. The first-order valence-electron chi connectivity index (χ1n) is 8.26. The van der Waals surface area contributed by atoms with Crippen molar-refractivity contribution in [2.24, 2.45) is 0 Å². The predicted molar refractivity (Wildman–Crippen MR) is 98.0 cm³/mol. The first kappa shape index (κ1) is 21.6. The maximum Gasteiger partial charge on any atom is 0.418 e. The number of anilines is 1. The summed E-state index contributed by atoms with van der Waals surface area (Å²) in [5.74, 6) is -0.659. The second kappa shape index (κ2) is 8.57. The highest BCUT2D eigenvalue weighted by Crippen LogP contribution is 2.37. The molecular weight excluding hydrogens is 399 g/mol. The number of amides is 1. The molecule has 0 radical (unpaired) electrons. The van der Waals surface area contributed by atoms with Gasteiger partial charge in [0, 0.05) is 22.7 Å². The third-order valence-corrected chi connectivity index (χ3v) is 4.38. The van der Waals surface area contributed by atoms with Crippen LogP contribution in [0.4, 0.5) is 24.5 Å². The first-order valence-corrected chi connectivity index (χ1v) is 8.63. The van der Waals surface area contributed by atoms with Crippen LogP contribution >= 0.6 is 11.6 Å². The van der Waals surface area contributed by atoms with Gasteiger partial charge in [-0.2, -0.15) is 13.2 Å². The van der Waals surface area contributed by atoms with E-state index in [0.29, 0.717) is 11.1 Å². The number of rotatable bonds is 6. The molecule has 1 amide bonds. The number of hydrogen-bond acceptors (Lipinski definition) is 3. The number of nitrogens with zero attached hydrogens (tertiary/aromatic N) is 1. The van der Waals surface area contributed by atoms with Crippen LogP contribution in [0.25, 0.3) is 0 Å². The predicted octanol–water partition coefficient (Wildman–Crippen LogP) is 3.92. The summed E-state index contributed by atoms with van der Waals surface area (Å²) in [7, 11) is 0. The lowest BCUT2D eigenvalue weighted by atomic mass is 10.1. The maximum absolute atomic E-state index is 13.2. The van der Waals surface area contributed by atoms with E-state index in [9.17, 15) is 28.1 Å². The summed E-state index contributed by atoms with van der Waals surface area (Å²) in [5.41, 5.74) is -1.65. The van der Waals surface area contributed by atoms with Crippen molar-refractivity contribution in [2.45, 2.75) is 32.1 Å². The van der Waals surface area contributed by atoms with Gasteiger partial charge in [-0.25, -0.2) is 0 Å². The van der Waals surface area contributed by atoms with E-state index in [1.807, 2.05) is 13.0 Å². The molecule has 0 aliphatic heterocycles. The van der Waals surface area contributed by atoms with Crippen LogP contribution < -0.4 is 10.6 Å². The Morgan fingerprint density at radius 1 is 1.21 bits per heavy atom. The van der Waals surface area contributed by atoms with Gasteiger partial charge in [0.15, 0.2) is 6.04 Å². The Hall–Kier alpha value is -2.65. The quantitative estimate of drug-likeness (QED) is 0.552. The number of nitrogens with two attached hydrogens (primary N) is 1. The number of non-ortho nitro benzene ring substituents is 1. The van der Waals surface area contributed by atoms with Crippen molar-refractivity contribution in [3.63, 3.8) is 0 Å². The second-order valence-electron chi connectivity index (χ2n) is 6.30. The van der Waals surface area contributed by atoms with Gasteiger partial charge in [-0.05, 0) is 32.0 Å². The molecule has 2 rings (SSSR count). The van der Waals surface area contributed by atoms with E-state index in [4.69, 9.17) is 11.6 Å². The van der Waals surface area contributed by atoms with Crippen LogP contribution in [0.2, 0.25) is 5.02 Å². The highest BCUT2D eigenvalue weighted by Gasteiger charge is 2.36. The minimum atomic E-state index is -4.85. The summed E-state index contributed by atoms with van der Waals surface area (Å²) in [4.78, 5) is 22.2. The standard InChI is InChI=1S/C18H17ClF3N3O3/c1-10(12-4-3-5-13(19)8-12)23-11(2)17(26)24-16-7-6-14(25(27)28)9-15(16)18(20,21)22/h3-11,23H,1-2H3,(H,24,26)/p+1/t10-,11+/m1/s1. The van der Waals surface area contributed by atoms with Crippen molar-refractivity contribution in [1.82, 2.24) is 0 Å². The summed E-state index contributed by atoms with van der Waals surface area (Å²) in [6, 6.07) is 8.35. The molecule has 0 fully saturated rings. The number of nitro groups is 1. The molecular formula is C18H18ClF3N3O3+. The molecule has 0 saturated carbocycles. The second-order valence-corrected chi connectivity index (χ2v) is 6.74. The highest BCUT2D eigenvalue weighted by molar-refractivity contribution is 6.30. The average molecular weight is 417 g/mol. The lowest BCUT2D eigenvalue weighted by Gasteiger charge is -2.18. The van der Waals surface area contributed by atoms with Crippen LogP contribution in [0.3, 0.4) is 0 Å². The van der Waals surface area contributed by atoms with Crippen molar-refractivity contribution in [2.75, 3.05) is 5.32 Å². The molecule has 2 aromatic carbocycles. The fourth-order valence-corrected chi connectivity index (χ4v) is 2.86. The Kier molecular flexibility index (Phi) is 6.63. The average Bonchev–Trinajstić information content (AvgIpc) is 2.60. The lowest BCUT2D eigenvalue weighted by Crippen LogP contribution is -2.91. The highest BCUT2D eigenvalue weighted by atomic mass is 35.5. The van der Waals surface area contributed by atoms with Crippen LogP contribution in [0.1, 0.15) is 31.0 Å². The summed E-state index contributed by atoms with van der Waals surface area (Å²) in [5, 5.41) is 15.2. The molecule has 3 N–H and O–H groups in total. The summed E-state index contributed by atoms with van der Waals surface area (Å²) in [6.07, 6.45) is -4.85. The normalized spacial score (nSPS) is 13.6. The van der Waals surface area contributed by atoms with E-state index < -0.39 is 40.0 Å². The van der Waals surface area contributed by atoms with Crippen LogP contribution in [0, 0.1) is 10.1 Å². The van der Waals surface area contributed by atoms with Gasteiger partial charge >= 0.3 is 6.18 Å². The molecule has 10 heteroatoms. The number of quaternary nitrogens is 1. The molecule has 0 aromatic heterocycles. The Balaban J connectivity index is 2.16. The van der Waals surface area contributed by atoms with Crippen LogP contribution in [-0.4, -0.2) is 16.9 Å². The van der Waals surface area contributed by atoms with E-state index in [1.165, 1.54) is 0 Å². The molecule has 150 valence electrons. The lowest BCUT2D eigenvalue weighted by molar-refractivity contribution is -0.709. The number of hydrogen-bond donors (Lipinski definition) is 2. The SMILES string of the molecule is C[C@H]([NH2+][C@H](C)c1cccc(Cl)c1)C(=O)Nc1ccc([N+](=O)[O-])cc1C(F)(F)F. The van der Waals surface area contributed by atoms with Gasteiger partial charge in [0.1, 0.15) is 6.04 Å². The largest absolute Gasteiger partial charge is 0.418 e. The molecule has 0 heterocycles. The number of nitro benzene ring substituents is 1. The Morgan fingerprint density at radius 2 is 1.89 bits per heavy atom. The van der Waals surface area contributed by atoms with Gasteiger partial charge in [-0.3, -0.25) is 14.9 Å². The third-order valence-electron chi connectivity index (χ3n) is 4.14. The Morgan fingerprint density at radius 3 is 2.46 bits per heavy atom. The number of carbonyl (C=O) groups excluding carboxylic acids is 1. The maximum atomic E-state index is 13.2. The van der Waals surface area contributed by atoms with Gasteiger partial charge < -0.3 is 10.6 Å². The minimum Gasteiger partial charge on any atom is -0.330 e. The summed E-state index contributed by atoms with van der Waals surface area (Å²) >= 11 is 5.94. The zero-order valence-corrected chi connectivity index (χ0v) is 15.7. The van der Waals surface area contributed by atoms with Gasteiger partial charge in [0.2, 0.25) is 0 Å². The molecule has 0 aliphatic carbocycles. The van der Waals surface area contributed by atoms with E-state index in [0.717, 1.165) is 17.7 Å². The van der Waals surface area contributed by atoms with Gasteiger partial charge in [-0.15, -0.1) is 0 Å². The zero-order chi connectivity index (χ0) is 21.1. The van der Waals surface area contributed by atoms with Crippen molar-refractivity contribution in [3.8, 4) is 0 Å². The zero-order valence-electron chi connectivity index (χ0n) is 15.0. The summed E-state index contributed by atoms with van der Waals surface area (Å²) < 4.78 is 39.7.